The lowest BCUT2D eigenvalue weighted by molar-refractivity contribution is -0.164. The normalized spacial score (nSPS) is 18.4. The molecule has 0 aromatic heterocycles. The van der Waals surface area contributed by atoms with Gasteiger partial charge in [0.2, 0.25) is 11.8 Å². The van der Waals surface area contributed by atoms with Gasteiger partial charge in [-0.2, -0.15) is 0 Å². The van der Waals surface area contributed by atoms with E-state index in [0.717, 1.165) is 21.2 Å². The van der Waals surface area contributed by atoms with Crippen LogP contribution in [0.3, 0.4) is 0 Å². The Labute approximate surface area is 218 Å². The Hall–Kier alpha value is -2.56. The Bertz CT molecular complexity index is 1060. The third-order valence-corrected chi connectivity index (χ3v) is 6.42. The number of rotatable bonds is 10. The number of hydrogen-bond acceptors (Lipinski definition) is 7. The Morgan fingerprint density at radius 2 is 1.92 bits per heavy atom. The number of amides is 3. The number of carbonyl (C=O) groups excluding carboxylic acids is 3. The van der Waals surface area contributed by atoms with Crippen LogP contribution in [0, 0.1) is 0 Å². The van der Waals surface area contributed by atoms with Crippen LogP contribution in [0.1, 0.15) is 32.3 Å². The first-order valence-electron chi connectivity index (χ1n) is 12.0. The minimum atomic E-state index is -1.34. The number of fused-ring (bicyclic) bond motifs is 1. The smallest absolute Gasteiger partial charge is 0.261 e. The van der Waals surface area contributed by atoms with Crippen LogP contribution in [0.4, 0.5) is 0 Å². The van der Waals surface area contributed by atoms with Gasteiger partial charge in [-0.1, -0.05) is 42.5 Å². The number of ether oxygens (including phenoxy) is 1. The number of nitrogens with two attached hydrogens (primary N) is 1. The molecule has 1 heterocycles. The lowest BCUT2D eigenvalue weighted by Gasteiger charge is -2.36. The maximum Gasteiger partial charge on any atom is 0.261 e. The highest BCUT2D eigenvalue weighted by atomic mass is 35.5. The second-order valence-electron chi connectivity index (χ2n) is 9.41. The summed E-state index contributed by atoms with van der Waals surface area (Å²) in [6.07, 6.45) is 0.156. The molecule has 1 aliphatic rings. The fourth-order valence-electron chi connectivity index (χ4n) is 4.17. The van der Waals surface area contributed by atoms with Gasteiger partial charge in [0, 0.05) is 26.6 Å². The molecular weight excluding hydrogens is 484 g/mol. The van der Waals surface area contributed by atoms with Crippen molar-refractivity contribution in [3.63, 3.8) is 0 Å². The summed E-state index contributed by atoms with van der Waals surface area (Å²) in [5, 5.41) is 17.8. The number of aliphatic hydroxyl groups is 1. The summed E-state index contributed by atoms with van der Waals surface area (Å²) < 4.78 is 5.39. The first-order chi connectivity index (χ1) is 16.7. The van der Waals surface area contributed by atoms with Gasteiger partial charge in [0.25, 0.3) is 5.91 Å². The van der Waals surface area contributed by atoms with Gasteiger partial charge >= 0.3 is 0 Å². The predicted octanol–water partition coefficient (Wildman–Crippen LogP) is 1.14. The van der Waals surface area contributed by atoms with Crippen molar-refractivity contribution in [1.82, 2.24) is 15.5 Å². The van der Waals surface area contributed by atoms with Crippen molar-refractivity contribution in [2.45, 2.75) is 56.9 Å². The fourth-order valence-corrected chi connectivity index (χ4v) is 4.17. The van der Waals surface area contributed by atoms with Crippen LogP contribution in [0.15, 0.2) is 42.5 Å². The van der Waals surface area contributed by atoms with Crippen molar-refractivity contribution < 1.29 is 24.2 Å². The van der Waals surface area contributed by atoms with Crippen LogP contribution in [0.25, 0.3) is 10.8 Å². The van der Waals surface area contributed by atoms with Gasteiger partial charge in [0.1, 0.15) is 11.6 Å². The molecule has 0 saturated carbocycles. The molecule has 5 N–H and O–H groups in total. The molecule has 36 heavy (non-hydrogen) atoms. The minimum absolute atomic E-state index is 0. The average molecular weight is 521 g/mol. The maximum atomic E-state index is 13.6. The Balaban J connectivity index is 0.00000456. The van der Waals surface area contributed by atoms with E-state index in [9.17, 15) is 19.5 Å². The monoisotopic (exact) mass is 520 g/mol. The molecule has 3 rings (SSSR count). The molecule has 0 bridgehead atoms. The van der Waals surface area contributed by atoms with E-state index in [0.29, 0.717) is 19.5 Å². The number of β-amino-alcohol motifs (C(OH)–C–C–N with tert-alkyl or cyclic N) is 1. The van der Waals surface area contributed by atoms with Crippen molar-refractivity contribution >= 4 is 40.9 Å². The highest BCUT2D eigenvalue weighted by Crippen LogP contribution is 2.23. The summed E-state index contributed by atoms with van der Waals surface area (Å²) >= 11 is 0. The van der Waals surface area contributed by atoms with E-state index < -0.39 is 41.5 Å². The molecule has 2 aromatic carbocycles. The fraction of sp³-hybridized carbons (Fsp3) is 0.500. The number of aliphatic hydroxyl groups excluding tert-OH is 1. The summed E-state index contributed by atoms with van der Waals surface area (Å²) in [7, 11) is 1.39. The number of imide groups is 1. The Kier molecular flexibility index (Phi) is 10.8. The van der Waals surface area contributed by atoms with E-state index in [1.54, 1.807) is 13.8 Å². The molecule has 3 amide bonds. The highest BCUT2D eigenvalue weighted by Gasteiger charge is 2.45. The van der Waals surface area contributed by atoms with Crippen LogP contribution < -0.4 is 16.4 Å². The first kappa shape index (κ1) is 29.7. The van der Waals surface area contributed by atoms with Gasteiger partial charge in [-0.15, -0.1) is 12.4 Å². The SMILES string of the molecule is COC(C)(C)C(=O)N(C(=O)[C@@H]1C[C@@H](O)CN1)[C@H](Cc1ccc2ccccc2c1)C(=O)NCCCN.Cl. The van der Waals surface area contributed by atoms with E-state index >= 15 is 0 Å². The van der Waals surface area contributed by atoms with Crippen molar-refractivity contribution in [2.75, 3.05) is 26.7 Å². The number of benzene rings is 2. The molecule has 10 heteroatoms. The van der Waals surface area contributed by atoms with Crippen LogP contribution in [0.2, 0.25) is 0 Å². The van der Waals surface area contributed by atoms with Gasteiger partial charge in [0.05, 0.1) is 12.1 Å². The largest absolute Gasteiger partial charge is 0.392 e. The topological polar surface area (TPSA) is 134 Å². The summed E-state index contributed by atoms with van der Waals surface area (Å²) in [4.78, 5) is 41.7. The average Bonchev–Trinajstić information content (AvgIpc) is 3.29. The van der Waals surface area contributed by atoms with Crippen LogP contribution >= 0.6 is 12.4 Å². The number of halogens is 1. The van der Waals surface area contributed by atoms with Gasteiger partial charge < -0.3 is 26.2 Å². The van der Waals surface area contributed by atoms with Crippen LogP contribution in [-0.4, -0.2) is 78.3 Å². The third kappa shape index (κ3) is 7.02. The standard InChI is InChI=1S/C26H36N4O5.ClH/c1-26(2,35-3)25(34)30(24(33)21-15-20(31)16-29-21)22(23(32)28-12-6-11-27)14-17-9-10-18-7-4-5-8-19(18)13-17;/h4-5,7-10,13,20-22,29,31H,6,11-12,14-16,27H2,1-3H3,(H,28,32);1H/t20-,21+,22-;/m1./s1. The van der Waals surface area contributed by atoms with Gasteiger partial charge in [0.15, 0.2) is 0 Å². The molecule has 1 fully saturated rings. The zero-order valence-corrected chi connectivity index (χ0v) is 21.8. The van der Waals surface area contributed by atoms with Crippen molar-refractivity contribution in [2.24, 2.45) is 5.73 Å². The van der Waals surface area contributed by atoms with Crippen LogP contribution in [-0.2, 0) is 25.5 Å². The van der Waals surface area contributed by atoms with Crippen molar-refractivity contribution in [1.29, 1.82) is 0 Å². The van der Waals surface area contributed by atoms with E-state index in [2.05, 4.69) is 10.6 Å². The van der Waals surface area contributed by atoms with E-state index in [4.69, 9.17) is 10.5 Å². The number of nitrogens with one attached hydrogen (secondary N) is 2. The molecule has 2 aromatic rings. The molecule has 0 radical (unpaired) electrons. The summed E-state index contributed by atoms with van der Waals surface area (Å²) in [5.74, 6) is -1.62. The zero-order chi connectivity index (χ0) is 25.6. The Morgan fingerprint density at radius 1 is 1.22 bits per heavy atom. The zero-order valence-electron chi connectivity index (χ0n) is 21.0. The molecular formula is C26H37ClN4O5. The highest BCUT2D eigenvalue weighted by molar-refractivity contribution is 6.05. The lowest BCUT2D eigenvalue weighted by atomic mass is 9.97. The molecule has 0 aliphatic carbocycles. The molecule has 0 spiro atoms. The number of nitrogens with zero attached hydrogens (tertiary/aromatic N) is 1. The van der Waals surface area contributed by atoms with E-state index in [1.807, 2.05) is 42.5 Å². The maximum absolute atomic E-state index is 13.6. The molecule has 0 unspecified atom stereocenters. The quantitative estimate of drug-likeness (QED) is 0.345. The summed E-state index contributed by atoms with van der Waals surface area (Å²) in [5.41, 5.74) is 5.04. The second kappa shape index (κ2) is 13.1. The first-order valence-corrected chi connectivity index (χ1v) is 12.0. The predicted molar refractivity (Wildman–Crippen MR) is 141 cm³/mol. The second-order valence-corrected chi connectivity index (χ2v) is 9.41. The molecule has 1 aliphatic heterocycles. The summed E-state index contributed by atoms with van der Waals surface area (Å²) in [6, 6.07) is 11.8. The van der Waals surface area contributed by atoms with E-state index in [1.165, 1.54) is 7.11 Å². The van der Waals surface area contributed by atoms with Gasteiger partial charge in [-0.05, 0) is 49.6 Å². The third-order valence-electron chi connectivity index (χ3n) is 6.42. The van der Waals surface area contributed by atoms with Crippen molar-refractivity contribution in [3.8, 4) is 0 Å². The van der Waals surface area contributed by atoms with Crippen LogP contribution in [0.5, 0.6) is 0 Å². The summed E-state index contributed by atoms with van der Waals surface area (Å²) in [6.45, 7) is 4.09. The van der Waals surface area contributed by atoms with Gasteiger partial charge in [-0.25, -0.2) is 0 Å². The van der Waals surface area contributed by atoms with Crippen molar-refractivity contribution in [3.05, 3.63) is 48.0 Å². The van der Waals surface area contributed by atoms with E-state index in [-0.39, 0.29) is 31.8 Å². The molecule has 1 saturated heterocycles. The number of hydrogen-bond donors (Lipinski definition) is 4. The number of methoxy groups -OCH3 is 1. The number of carbonyl (C=O) groups is 3. The lowest BCUT2D eigenvalue weighted by Crippen LogP contribution is -2.61. The molecule has 9 nitrogen and oxygen atoms in total. The van der Waals surface area contributed by atoms with Gasteiger partial charge in [-0.3, -0.25) is 19.3 Å². The minimum Gasteiger partial charge on any atom is -0.392 e. The molecule has 198 valence electrons. The molecule has 3 atom stereocenters. The Morgan fingerprint density at radius 3 is 2.53 bits per heavy atom.